The Kier molecular flexibility index (Phi) is 6.01. The van der Waals surface area contributed by atoms with Crippen molar-refractivity contribution in [1.82, 2.24) is 14.9 Å². The topological polar surface area (TPSA) is 67.4 Å². The molecule has 2 unspecified atom stereocenters. The van der Waals surface area contributed by atoms with E-state index in [0.29, 0.717) is 10.7 Å². The fraction of sp³-hybridized carbons (Fsp3) is 0.292. The lowest BCUT2D eigenvalue weighted by atomic mass is 10.1. The van der Waals surface area contributed by atoms with E-state index in [2.05, 4.69) is 29.0 Å². The normalized spacial score (nSPS) is 19.3. The molecule has 164 valence electrons. The van der Waals surface area contributed by atoms with Crippen LogP contribution in [-0.2, 0) is 11.3 Å². The highest BCUT2D eigenvalue weighted by molar-refractivity contribution is 7.14. The number of hydrogen-bond donors (Lipinski definition) is 1. The van der Waals surface area contributed by atoms with Gasteiger partial charge in [0.25, 0.3) is 5.91 Å². The Labute approximate surface area is 194 Å². The van der Waals surface area contributed by atoms with Crippen molar-refractivity contribution < 1.29 is 9.53 Å². The summed E-state index contributed by atoms with van der Waals surface area (Å²) in [6, 6.07) is 13.6. The molecule has 1 amide bonds. The van der Waals surface area contributed by atoms with E-state index in [0.717, 1.165) is 46.8 Å². The van der Waals surface area contributed by atoms with Gasteiger partial charge in [0.05, 0.1) is 39.6 Å². The fourth-order valence-electron chi connectivity index (χ4n) is 4.16. The average molecular weight is 465 g/mol. The van der Waals surface area contributed by atoms with Crippen molar-refractivity contribution in [3.8, 4) is 10.6 Å². The number of amides is 1. The van der Waals surface area contributed by atoms with Crippen LogP contribution < -0.4 is 5.32 Å². The van der Waals surface area contributed by atoms with Gasteiger partial charge in [-0.2, -0.15) is 0 Å². The predicted molar refractivity (Wildman–Crippen MR) is 130 cm³/mol. The van der Waals surface area contributed by atoms with Crippen molar-refractivity contribution in [2.24, 2.45) is 0 Å². The maximum atomic E-state index is 13.2. The summed E-state index contributed by atoms with van der Waals surface area (Å²) in [7, 11) is 0. The minimum atomic E-state index is -0.170. The minimum Gasteiger partial charge on any atom is -0.373 e. The maximum absolute atomic E-state index is 13.2. The number of fused-ring (bicyclic) bond motifs is 1. The van der Waals surface area contributed by atoms with Gasteiger partial charge >= 0.3 is 0 Å². The predicted octanol–water partition coefficient (Wildman–Crippen LogP) is 5.28. The number of carbonyl (C=O) groups excluding carboxylic acids is 1. The molecule has 1 aromatic carbocycles. The van der Waals surface area contributed by atoms with Gasteiger partial charge < -0.3 is 4.74 Å². The van der Waals surface area contributed by atoms with Gasteiger partial charge in [0.1, 0.15) is 0 Å². The third kappa shape index (κ3) is 4.59. The summed E-state index contributed by atoms with van der Waals surface area (Å²) in [4.78, 5) is 26.0. The monoisotopic (exact) mass is 464 g/mol. The fourth-order valence-corrected chi connectivity index (χ4v) is 5.54. The Morgan fingerprint density at radius 3 is 2.72 bits per heavy atom. The highest BCUT2D eigenvalue weighted by Gasteiger charge is 2.23. The van der Waals surface area contributed by atoms with Crippen LogP contribution in [0, 0.1) is 0 Å². The number of nitrogens with zero attached hydrogens (tertiary/aromatic N) is 3. The molecule has 5 rings (SSSR count). The summed E-state index contributed by atoms with van der Waals surface area (Å²) >= 11 is 3.07. The van der Waals surface area contributed by atoms with Crippen molar-refractivity contribution in [3.05, 3.63) is 64.5 Å². The number of ether oxygens (including phenoxy) is 1. The number of carbonyl (C=O) groups is 1. The standard InChI is InChI=1S/C24H24N4O2S2/c1-15-11-28(12-16(2)30-15)13-17-14-32-24(25-17)27-23(29)19-10-21(22-8-5-9-31-22)26-20-7-4-3-6-18(19)20/h3-10,14-16H,11-13H2,1-2H3,(H,25,27,29). The van der Waals surface area contributed by atoms with Crippen molar-refractivity contribution in [3.63, 3.8) is 0 Å². The Hall–Kier alpha value is -2.65. The Morgan fingerprint density at radius 2 is 1.94 bits per heavy atom. The molecular formula is C24H24N4O2S2. The summed E-state index contributed by atoms with van der Waals surface area (Å²) in [6.45, 7) is 6.72. The van der Waals surface area contributed by atoms with E-state index in [1.165, 1.54) is 11.3 Å². The highest BCUT2D eigenvalue weighted by atomic mass is 32.1. The number of nitrogens with one attached hydrogen (secondary N) is 1. The zero-order valence-corrected chi connectivity index (χ0v) is 19.6. The van der Waals surface area contributed by atoms with E-state index in [1.807, 2.05) is 53.2 Å². The molecule has 4 aromatic rings. The molecule has 1 fully saturated rings. The average Bonchev–Trinajstić information content (AvgIpc) is 3.45. The van der Waals surface area contributed by atoms with E-state index in [9.17, 15) is 4.79 Å². The molecule has 6 nitrogen and oxygen atoms in total. The quantitative estimate of drug-likeness (QED) is 0.435. The van der Waals surface area contributed by atoms with Crippen LogP contribution in [0.1, 0.15) is 29.9 Å². The van der Waals surface area contributed by atoms with Gasteiger partial charge in [0.2, 0.25) is 0 Å². The van der Waals surface area contributed by atoms with Gasteiger partial charge in [-0.15, -0.1) is 22.7 Å². The lowest BCUT2D eigenvalue weighted by molar-refractivity contribution is -0.0707. The molecule has 1 aliphatic heterocycles. The summed E-state index contributed by atoms with van der Waals surface area (Å²) in [6.07, 6.45) is 0.433. The smallest absolute Gasteiger partial charge is 0.258 e. The number of rotatable bonds is 5. The first-order valence-electron chi connectivity index (χ1n) is 10.6. The van der Waals surface area contributed by atoms with Crippen LogP contribution in [0.2, 0.25) is 0 Å². The van der Waals surface area contributed by atoms with Crippen LogP contribution >= 0.6 is 22.7 Å². The second kappa shape index (κ2) is 9.07. The number of para-hydroxylation sites is 1. The second-order valence-corrected chi connectivity index (χ2v) is 9.90. The molecule has 1 aliphatic rings. The Balaban J connectivity index is 1.36. The third-order valence-corrected chi connectivity index (χ3v) is 7.09. The lowest BCUT2D eigenvalue weighted by Crippen LogP contribution is -2.44. The Bertz CT molecular complexity index is 1230. The maximum Gasteiger partial charge on any atom is 0.258 e. The van der Waals surface area contributed by atoms with Gasteiger partial charge in [-0.05, 0) is 37.4 Å². The van der Waals surface area contributed by atoms with Crippen LogP contribution in [0.25, 0.3) is 21.5 Å². The first-order valence-corrected chi connectivity index (χ1v) is 12.4. The van der Waals surface area contributed by atoms with E-state index < -0.39 is 0 Å². The van der Waals surface area contributed by atoms with E-state index in [4.69, 9.17) is 9.72 Å². The molecule has 0 bridgehead atoms. The van der Waals surface area contributed by atoms with E-state index in [1.54, 1.807) is 11.3 Å². The largest absolute Gasteiger partial charge is 0.373 e. The number of thiazole rings is 1. The molecular weight excluding hydrogens is 440 g/mol. The first-order chi connectivity index (χ1) is 15.5. The van der Waals surface area contributed by atoms with Crippen molar-refractivity contribution >= 4 is 44.6 Å². The zero-order chi connectivity index (χ0) is 22.1. The van der Waals surface area contributed by atoms with E-state index >= 15 is 0 Å². The van der Waals surface area contributed by atoms with Gasteiger partial charge in [-0.25, -0.2) is 9.97 Å². The molecule has 1 N–H and O–H groups in total. The molecule has 32 heavy (non-hydrogen) atoms. The molecule has 0 aliphatic carbocycles. The number of thiophene rings is 1. The van der Waals surface area contributed by atoms with Crippen molar-refractivity contribution in [2.45, 2.75) is 32.6 Å². The molecule has 3 aromatic heterocycles. The number of aromatic nitrogens is 2. The second-order valence-electron chi connectivity index (χ2n) is 8.10. The van der Waals surface area contributed by atoms with Gasteiger partial charge in [0, 0.05) is 30.4 Å². The molecule has 0 saturated carbocycles. The third-order valence-electron chi connectivity index (χ3n) is 5.39. The summed E-state index contributed by atoms with van der Waals surface area (Å²) in [5, 5.41) is 8.47. The van der Waals surface area contributed by atoms with Crippen molar-refractivity contribution in [2.75, 3.05) is 18.4 Å². The molecule has 2 atom stereocenters. The summed E-state index contributed by atoms with van der Waals surface area (Å²) in [5.41, 5.74) is 3.18. The molecule has 4 heterocycles. The summed E-state index contributed by atoms with van der Waals surface area (Å²) < 4.78 is 5.81. The number of benzene rings is 1. The number of morpholine rings is 1. The van der Waals surface area contributed by atoms with Gasteiger partial charge in [0.15, 0.2) is 5.13 Å². The number of hydrogen-bond acceptors (Lipinski definition) is 7. The van der Waals surface area contributed by atoms with Gasteiger partial charge in [-0.3, -0.25) is 15.0 Å². The Morgan fingerprint density at radius 1 is 1.12 bits per heavy atom. The van der Waals surface area contributed by atoms with Crippen molar-refractivity contribution in [1.29, 1.82) is 0 Å². The number of anilines is 1. The van der Waals surface area contributed by atoms with Crippen LogP contribution in [0.5, 0.6) is 0 Å². The lowest BCUT2D eigenvalue weighted by Gasteiger charge is -2.34. The summed E-state index contributed by atoms with van der Waals surface area (Å²) in [5.74, 6) is -0.170. The molecule has 0 spiro atoms. The van der Waals surface area contributed by atoms with E-state index in [-0.39, 0.29) is 18.1 Å². The van der Waals surface area contributed by atoms with Crippen LogP contribution in [0.4, 0.5) is 5.13 Å². The van der Waals surface area contributed by atoms with Crippen LogP contribution in [-0.4, -0.2) is 46.1 Å². The first kappa shape index (κ1) is 21.2. The molecule has 8 heteroatoms. The highest BCUT2D eigenvalue weighted by Crippen LogP contribution is 2.29. The van der Waals surface area contributed by atoms with Gasteiger partial charge in [-0.1, -0.05) is 24.3 Å². The SMILES string of the molecule is CC1CN(Cc2csc(NC(=O)c3cc(-c4cccs4)nc4ccccc34)n2)CC(C)O1. The number of pyridine rings is 1. The zero-order valence-electron chi connectivity index (χ0n) is 17.9. The molecule has 1 saturated heterocycles. The molecule has 0 radical (unpaired) electrons. The van der Waals surface area contributed by atoms with Crippen LogP contribution in [0.15, 0.2) is 53.2 Å². The minimum absolute atomic E-state index is 0.170. The van der Waals surface area contributed by atoms with Crippen LogP contribution in [0.3, 0.4) is 0 Å².